The van der Waals surface area contributed by atoms with Crippen molar-refractivity contribution in [1.29, 1.82) is 0 Å². The monoisotopic (exact) mass is 518 g/mol. The fourth-order valence-corrected chi connectivity index (χ4v) is 4.65. The second kappa shape index (κ2) is 11.4. The van der Waals surface area contributed by atoms with Crippen molar-refractivity contribution in [2.24, 2.45) is 4.99 Å². The normalized spacial score (nSPS) is 14.4. The number of amides is 1. The molecule has 0 radical (unpaired) electrons. The maximum Gasteiger partial charge on any atom is 0.250 e. The van der Waals surface area contributed by atoms with Gasteiger partial charge < -0.3 is 15.7 Å². The van der Waals surface area contributed by atoms with Crippen LogP contribution in [0.4, 0.5) is 5.69 Å². The SMILES string of the molecule is O=C1C#CC=CC1=CNCC(N=Cc1ccccc1O)C(=O)Nc1ccc(-c2nc3ccccc3s2)cc1. The number of hydrogen-bond acceptors (Lipinski definition) is 7. The minimum Gasteiger partial charge on any atom is -0.507 e. The number of carbonyl (C=O) groups is 2. The first-order chi connectivity index (χ1) is 18.6. The number of phenolic OH excluding ortho intramolecular Hbond substituents is 1. The molecule has 1 unspecified atom stereocenters. The molecule has 1 aliphatic rings. The van der Waals surface area contributed by atoms with Gasteiger partial charge in [-0.1, -0.05) is 30.2 Å². The molecular weight excluding hydrogens is 496 g/mol. The maximum absolute atomic E-state index is 13.2. The van der Waals surface area contributed by atoms with E-state index in [1.54, 1.807) is 47.8 Å². The summed E-state index contributed by atoms with van der Waals surface area (Å²) in [5.41, 5.74) is 3.42. The van der Waals surface area contributed by atoms with E-state index in [4.69, 9.17) is 0 Å². The standard InChI is InChI=1S/C30H22N4O3S/c35-26-10-4-1-7-21(26)17-31-19-25(32-18-22-8-2-5-11-27(22)36)29(37)33-23-15-13-20(14-16-23)30-34-24-9-3-6-12-28(24)38-30/h1-3,5-9,11-18,25,31,36H,19H2,(H,33,37). The number of Topliss-reactive ketones (excluding diaryl/α,β-unsaturated/α-hetero) is 1. The number of allylic oxidation sites excluding steroid dienone is 3. The van der Waals surface area contributed by atoms with Crippen molar-refractivity contribution in [2.45, 2.75) is 6.04 Å². The third-order valence-corrected chi connectivity index (χ3v) is 6.77. The molecule has 7 nitrogen and oxygen atoms in total. The highest BCUT2D eigenvalue weighted by Crippen LogP contribution is 2.30. The second-order valence-electron chi connectivity index (χ2n) is 8.35. The lowest BCUT2D eigenvalue weighted by Gasteiger charge is -2.14. The third kappa shape index (κ3) is 5.86. The summed E-state index contributed by atoms with van der Waals surface area (Å²) < 4.78 is 1.12. The number of anilines is 1. The molecule has 186 valence electrons. The Bertz CT molecular complexity index is 1620. The van der Waals surface area contributed by atoms with Gasteiger partial charge in [0.15, 0.2) is 0 Å². The number of aromatic hydroxyl groups is 1. The Morgan fingerprint density at radius 1 is 1.08 bits per heavy atom. The minimum absolute atomic E-state index is 0.0624. The Balaban J connectivity index is 1.31. The average Bonchev–Trinajstić information content (AvgIpc) is 3.37. The van der Waals surface area contributed by atoms with Crippen LogP contribution in [0.15, 0.2) is 102 Å². The molecule has 0 saturated carbocycles. The summed E-state index contributed by atoms with van der Waals surface area (Å²) in [6.07, 6.45) is 6.18. The van der Waals surface area contributed by atoms with Crippen LogP contribution >= 0.6 is 11.3 Å². The Morgan fingerprint density at radius 3 is 2.66 bits per heavy atom. The Hall–Kier alpha value is -5.00. The molecule has 4 aromatic rings. The van der Waals surface area contributed by atoms with Crippen molar-refractivity contribution in [1.82, 2.24) is 10.3 Å². The lowest BCUT2D eigenvalue weighted by atomic mass is 10.1. The number of rotatable bonds is 8. The summed E-state index contributed by atoms with van der Waals surface area (Å²) in [7, 11) is 0. The highest BCUT2D eigenvalue weighted by molar-refractivity contribution is 7.21. The van der Waals surface area contributed by atoms with Gasteiger partial charge in [-0.3, -0.25) is 14.6 Å². The Morgan fingerprint density at radius 2 is 1.87 bits per heavy atom. The predicted octanol–water partition coefficient (Wildman–Crippen LogP) is 4.71. The molecule has 1 atom stereocenters. The van der Waals surface area contributed by atoms with Crippen LogP contribution in [0.25, 0.3) is 20.8 Å². The predicted molar refractivity (Wildman–Crippen MR) is 151 cm³/mol. The van der Waals surface area contributed by atoms with Gasteiger partial charge in [0.05, 0.1) is 10.2 Å². The quantitative estimate of drug-likeness (QED) is 0.136. The molecule has 0 fully saturated rings. The number of aromatic nitrogens is 1. The molecule has 0 saturated heterocycles. The Kier molecular flexibility index (Phi) is 7.39. The van der Waals surface area contributed by atoms with Crippen molar-refractivity contribution in [3.05, 3.63) is 102 Å². The third-order valence-electron chi connectivity index (χ3n) is 5.69. The van der Waals surface area contributed by atoms with Gasteiger partial charge in [-0.2, -0.15) is 0 Å². The molecule has 1 heterocycles. The largest absolute Gasteiger partial charge is 0.507 e. The van der Waals surface area contributed by atoms with Crippen LogP contribution in [0.5, 0.6) is 5.75 Å². The fraction of sp³-hybridized carbons (Fsp3) is 0.0667. The smallest absolute Gasteiger partial charge is 0.250 e. The molecule has 3 aromatic carbocycles. The fourth-order valence-electron chi connectivity index (χ4n) is 3.68. The van der Waals surface area contributed by atoms with E-state index >= 15 is 0 Å². The number of fused-ring (bicyclic) bond motifs is 1. The van der Waals surface area contributed by atoms with E-state index in [9.17, 15) is 14.7 Å². The van der Waals surface area contributed by atoms with Crippen molar-refractivity contribution < 1.29 is 14.7 Å². The highest BCUT2D eigenvalue weighted by atomic mass is 32.1. The number of ketones is 1. The topological polar surface area (TPSA) is 104 Å². The van der Waals surface area contributed by atoms with E-state index in [0.29, 0.717) is 16.8 Å². The van der Waals surface area contributed by atoms with Crippen LogP contribution in [-0.4, -0.2) is 40.6 Å². The molecule has 1 aromatic heterocycles. The van der Waals surface area contributed by atoms with Crippen LogP contribution in [0.3, 0.4) is 0 Å². The number of para-hydroxylation sites is 2. The number of aliphatic imine (C=N–C) groups is 1. The number of carbonyl (C=O) groups excluding carboxylic acids is 2. The first-order valence-electron chi connectivity index (χ1n) is 11.8. The van der Waals surface area contributed by atoms with Gasteiger partial charge >= 0.3 is 0 Å². The molecule has 3 N–H and O–H groups in total. The van der Waals surface area contributed by atoms with Gasteiger partial charge in [0.2, 0.25) is 5.78 Å². The molecule has 1 aliphatic carbocycles. The van der Waals surface area contributed by atoms with E-state index in [1.807, 2.05) is 48.5 Å². The van der Waals surface area contributed by atoms with Crippen LogP contribution in [0.2, 0.25) is 0 Å². The van der Waals surface area contributed by atoms with Gasteiger partial charge in [-0.15, -0.1) is 11.3 Å². The molecule has 8 heteroatoms. The van der Waals surface area contributed by atoms with Crippen molar-refractivity contribution in [3.63, 3.8) is 0 Å². The first-order valence-corrected chi connectivity index (χ1v) is 12.6. The summed E-state index contributed by atoms with van der Waals surface area (Å²) in [5, 5.41) is 16.9. The average molecular weight is 519 g/mol. The minimum atomic E-state index is -0.843. The van der Waals surface area contributed by atoms with Crippen molar-refractivity contribution in [2.75, 3.05) is 11.9 Å². The lowest BCUT2D eigenvalue weighted by Crippen LogP contribution is -2.34. The summed E-state index contributed by atoms with van der Waals surface area (Å²) in [6.45, 7) is 0.123. The van der Waals surface area contributed by atoms with E-state index in [0.717, 1.165) is 20.8 Å². The van der Waals surface area contributed by atoms with E-state index < -0.39 is 6.04 Å². The molecule has 38 heavy (non-hydrogen) atoms. The number of nitrogens with zero attached hydrogens (tertiary/aromatic N) is 2. The van der Waals surface area contributed by atoms with Crippen LogP contribution in [0, 0.1) is 11.8 Å². The summed E-state index contributed by atoms with van der Waals surface area (Å²) >= 11 is 1.61. The van der Waals surface area contributed by atoms with Crippen LogP contribution in [0.1, 0.15) is 5.56 Å². The van der Waals surface area contributed by atoms with E-state index in [-0.39, 0.29) is 24.0 Å². The molecule has 0 spiro atoms. The Labute approximate surface area is 223 Å². The van der Waals surface area contributed by atoms with Gasteiger partial charge in [-0.05, 0) is 66.6 Å². The summed E-state index contributed by atoms with van der Waals surface area (Å²) in [6, 6.07) is 21.3. The van der Waals surface area contributed by atoms with Gasteiger partial charge in [-0.25, -0.2) is 4.98 Å². The molecule has 5 rings (SSSR count). The van der Waals surface area contributed by atoms with Crippen molar-refractivity contribution >= 4 is 45.1 Å². The van der Waals surface area contributed by atoms with Crippen LogP contribution in [-0.2, 0) is 9.59 Å². The molecule has 0 bridgehead atoms. The number of phenols is 1. The maximum atomic E-state index is 13.2. The number of hydrogen-bond donors (Lipinski definition) is 3. The van der Waals surface area contributed by atoms with E-state index in [1.165, 1.54) is 12.4 Å². The second-order valence-corrected chi connectivity index (χ2v) is 9.38. The van der Waals surface area contributed by atoms with Crippen molar-refractivity contribution in [3.8, 4) is 28.2 Å². The first kappa shape index (κ1) is 24.7. The zero-order chi connectivity index (χ0) is 26.3. The molecule has 1 amide bonds. The summed E-state index contributed by atoms with van der Waals surface area (Å²) in [5.74, 6) is 4.51. The number of nitrogens with one attached hydrogen (secondary N) is 2. The van der Waals surface area contributed by atoms with Gasteiger partial charge in [0.1, 0.15) is 16.8 Å². The lowest BCUT2D eigenvalue weighted by molar-refractivity contribution is -0.117. The van der Waals surface area contributed by atoms with Gasteiger partial charge in [0, 0.05) is 41.3 Å². The molecular formula is C30H22N4O3S. The number of thiazole rings is 1. The van der Waals surface area contributed by atoms with Gasteiger partial charge in [0.25, 0.3) is 5.91 Å². The summed E-state index contributed by atoms with van der Waals surface area (Å²) in [4.78, 5) is 34.2. The van der Waals surface area contributed by atoms with Crippen LogP contribution < -0.4 is 10.6 Å². The number of benzene rings is 3. The highest BCUT2D eigenvalue weighted by Gasteiger charge is 2.18. The zero-order valence-electron chi connectivity index (χ0n) is 20.1. The molecule has 0 aliphatic heterocycles. The van der Waals surface area contributed by atoms with E-state index in [2.05, 4.69) is 32.5 Å². The zero-order valence-corrected chi connectivity index (χ0v) is 20.9.